The zero-order valence-corrected chi connectivity index (χ0v) is 8.27. The number of likely N-dealkylation sites (tertiary alicyclic amines) is 1. The molecule has 1 aliphatic heterocycles. The second-order valence-corrected chi connectivity index (χ2v) is 3.65. The number of aldehydes is 1. The zero-order chi connectivity index (χ0) is 9.97. The van der Waals surface area contributed by atoms with Crippen molar-refractivity contribution in [2.75, 3.05) is 19.6 Å². The Bertz CT molecular complexity index is 322. The maximum atomic E-state index is 10.4. The van der Waals surface area contributed by atoms with Crippen molar-refractivity contribution < 1.29 is 9.32 Å². The molecule has 4 nitrogen and oxygen atoms in total. The van der Waals surface area contributed by atoms with Gasteiger partial charge in [0.2, 0.25) is 0 Å². The van der Waals surface area contributed by atoms with Gasteiger partial charge >= 0.3 is 0 Å². The largest absolute Gasteiger partial charge is 0.360 e. The van der Waals surface area contributed by atoms with Gasteiger partial charge in [-0.3, -0.25) is 4.79 Å². The summed E-state index contributed by atoms with van der Waals surface area (Å²) in [6.07, 6.45) is 1.82. The normalized spacial score (nSPS) is 22.8. The molecule has 1 unspecified atom stereocenters. The van der Waals surface area contributed by atoms with E-state index in [-0.39, 0.29) is 0 Å². The van der Waals surface area contributed by atoms with Crippen LogP contribution in [0.4, 0.5) is 0 Å². The first kappa shape index (κ1) is 9.40. The Kier molecular flexibility index (Phi) is 2.63. The average molecular weight is 194 g/mol. The molecule has 1 aromatic heterocycles. The SMILES string of the molecule is CCN1CCC(c2cc(C=O)no2)C1. The van der Waals surface area contributed by atoms with Crippen molar-refractivity contribution >= 4 is 6.29 Å². The van der Waals surface area contributed by atoms with Crippen molar-refractivity contribution in [3.05, 3.63) is 17.5 Å². The van der Waals surface area contributed by atoms with Gasteiger partial charge in [0.1, 0.15) is 11.5 Å². The fourth-order valence-electron chi connectivity index (χ4n) is 1.90. The molecule has 14 heavy (non-hydrogen) atoms. The van der Waals surface area contributed by atoms with Crippen LogP contribution in [-0.4, -0.2) is 36.0 Å². The summed E-state index contributed by atoms with van der Waals surface area (Å²) in [7, 11) is 0. The van der Waals surface area contributed by atoms with Crippen LogP contribution in [0.3, 0.4) is 0 Å². The van der Waals surface area contributed by atoms with Gasteiger partial charge in [0.25, 0.3) is 0 Å². The molecule has 1 aliphatic rings. The number of hydrogen-bond donors (Lipinski definition) is 0. The lowest BCUT2D eigenvalue weighted by atomic mass is 10.1. The van der Waals surface area contributed by atoms with E-state index in [4.69, 9.17) is 4.52 Å². The summed E-state index contributed by atoms with van der Waals surface area (Å²) in [5.74, 6) is 1.26. The highest BCUT2D eigenvalue weighted by molar-refractivity contribution is 5.71. The highest BCUT2D eigenvalue weighted by atomic mass is 16.5. The van der Waals surface area contributed by atoms with Crippen LogP contribution in [0.15, 0.2) is 10.6 Å². The number of hydrogen-bond acceptors (Lipinski definition) is 4. The number of carbonyl (C=O) groups is 1. The third-order valence-corrected chi connectivity index (χ3v) is 2.79. The molecule has 0 radical (unpaired) electrons. The molecule has 0 saturated carbocycles. The minimum atomic E-state index is 0.398. The fraction of sp³-hybridized carbons (Fsp3) is 0.600. The maximum Gasteiger partial charge on any atom is 0.171 e. The summed E-state index contributed by atoms with van der Waals surface area (Å²) in [5.41, 5.74) is 0.398. The lowest BCUT2D eigenvalue weighted by Crippen LogP contribution is -2.19. The summed E-state index contributed by atoms with van der Waals surface area (Å²) < 4.78 is 5.12. The molecule has 0 N–H and O–H groups in total. The Hall–Kier alpha value is -1.16. The summed E-state index contributed by atoms with van der Waals surface area (Å²) >= 11 is 0. The van der Waals surface area contributed by atoms with Crippen LogP contribution in [0.25, 0.3) is 0 Å². The number of rotatable bonds is 3. The quantitative estimate of drug-likeness (QED) is 0.680. The zero-order valence-electron chi connectivity index (χ0n) is 8.27. The Morgan fingerprint density at radius 1 is 1.79 bits per heavy atom. The molecule has 0 aliphatic carbocycles. The Balaban J connectivity index is 2.05. The van der Waals surface area contributed by atoms with Crippen molar-refractivity contribution in [2.45, 2.75) is 19.3 Å². The van der Waals surface area contributed by atoms with Crippen LogP contribution in [-0.2, 0) is 0 Å². The van der Waals surface area contributed by atoms with E-state index in [0.29, 0.717) is 11.6 Å². The maximum absolute atomic E-state index is 10.4. The molecule has 2 rings (SSSR count). The summed E-state index contributed by atoms with van der Waals surface area (Å²) in [6.45, 7) is 5.35. The van der Waals surface area contributed by atoms with Gasteiger partial charge in [-0.05, 0) is 19.5 Å². The monoisotopic (exact) mass is 194 g/mol. The van der Waals surface area contributed by atoms with Crippen molar-refractivity contribution in [3.63, 3.8) is 0 Å². The molecule has 76 valence electrons. The minimum absolute atomic E-state index is 0.398. The molecule has 1 saturated heterocycles. The van der Waals surface area contributed by atoms with Crippen molar-refractivity contribution in [2.24, 2.45) is 0 Å². The minimum Gasteiger partial charge on any atom is -0.360 e. The van der Waals surface area contributed by atoms with Crippen LogP contribution >= 0.6 is 0 Å². The van der Waals surface area contributed by atoms with E-state index >= 15 is 0 Å². The molecular weight excluding hydrogens is 180 g/mol. The summed E-state index contributed by atoms with van der Waals surface area (Å²) in [4.78, 5) is 12.8. The molecule has 4 heteroatoms. The molecule has 0 bridgehead atoms. The van der Waals surface area contributed by atoms with Crippen molar-refractivity contribution in [3.8, 4) is 0 Å². The molecule has 0 aromatic carbocycles. The lowest BCUT2D eigenvalue weighted by Gasteiger charge is -2.10. The second kappa shape index (κ2) is 3.92. The van der Waals surface area contributed by atoms with Crippen LogP contribution in [0.5, 0.6) is 0 Å². The van der Waals surface area contributed by atoms with Crippen LogP contribution in [0.1, 0.15) is 35.5 Å². The van der Waals surface area contributed by atoms with Crippen LogP contribution in [0.2, 0.25) is 0 Å². The standard InChI is InChI=1S/C10H14N2O2/c1-2-12-4-3-8(6-12)10-5-9(7-13)11-14-10/h5,7-8H,2-4,6H2,1H3. The van der Waals surface area contributed by atoms with Crippen LogP contribution in [0, 0.1) is 0 Å². The molecule has 1 fully saturated rings. The third-order valence-electron chi connectivity index (χ3n) is 2.79. The highest BCUT2D eigenvalue weighted by Gasteiger charge is 2.25. The van der Waals surface area contributed by atoms with Gasteiger partial charge in [-0.1, -0.05) is 12.1 Å². The molecular formula is C10H14N2O2. The molecule has 2 heterocycles. The van der Waals surface area contributed by atoms with Gasteiger partial charge in [-0.25, -0.2) is 0 Å². The second-order valence-electron chi connectivity index (χ2n) is 3.65. The molecule has 0 amide bonds. The first-order chi connectivity index (χ1) is 6.83. The van der Waals surface area contributed by atoms with Gasteiger partial charge in [0.05, 0.1) is 0 Å². The average Bonchev–Trinajstić information content (AvgIpc) is 2.86. The highest BCUT2D eigenvalue weighted by Crippen LogP contribution is 2.26. The predicted molar refractivity (Wildman–Crippen MR) is 51.4 cm³/mol. The van der Waals surface area contributed by atoms with E-state index in [9.17, 15) is 4.79 Å². The van der Waals surface area contributed by atoms with E-state index in [2.05, 4.69) is 17.0 Å². The molecule has 0 spiro atoms. The third kappa shape index (κ3) is 1.70. The van der Waals surface area contributed by atoms with Crippen LogP contribution < -0.4 is 0 Å². The smallest absolute Gasteiger partial charge is 0.171 e. The topological polar surface area (TPSA) is 46.3 Å². The predicted octanol–water partition coefficient (Wildman–Crippen LogP) is 1.30. The number of carbonyl (C=O) groups excluding carboxylic acids is 1. The molecule has 1 aromatic rings. The Morgan fingerprint density at radius 3 is 3.21 bits per heavy atom. The van der Waals surface area contributed by atoms with E-state index in [0.717, 1.165) is 38.1 Å². The molecule has 1 atom stereocenters. The summed E-state index contributed by atoms with van der Waals surface area (Å²) in [6, 6.07) is 1.75. The van der Waals surface area contributed by atoms with E-state index in [1.165, 1.54) is 0 Å². The number of likely N-dealkylation sites (N-methyl/N-ethyl adjacent to an activating group) is 1. The Labute approximate surface area is 82.9 Å². The van der Waals surface area contributed by atoms with Gasteiger partial charge in [0, 0.05) is 18.5 Å². The van der Waals surface area contributed by atoms with E-state index in [1.807, 2.05) is 0 Å². The summed E-state index contributed by atoms with van der Waals surface area (Å²) in [5, 5.41) is 3.67. The van der Waals surface area contributed by atoms with Gasteiger partial charge in [0.15, 0.2) is 6.29 Å². The fourth-order valence-corrected chi connectivity index (χ4v) is 1.90. The van der Waals surface area contributed by atoms with Crippen molar-refractivity contribution in [1.82, 2.24) is 10.1 Å². The van der Waals surface area contributed by atoms with Gasteiger partial charge in [-0.2, -0.15) is 0 Å². The first-order valence-corrected chi connectivity index (χ1v) is 4.97. The Morgan fingerprint density at radius 2 is 2.64 bits per heavy atom. The van der Waals surface area contributed by atoms with Gasteiger partial charge in [-0.15, -0.1) is 0 Å². The van der Waals surface area contributed by atoms with E-state index in [1.54, 1.807) is 6.07 Å². The van der Waals surface area contributed by atoms with Crippen molar-refractivity contribution in [1.29, 1.82) is 0 Å². The number of aromatic nitrogens is 1. The number of nitrogens with zero attached hydrogens (tertiary/aromatic N) is 2. The first-order valence-electron chi connectivity index (χ1n) is 4.97. The van der Waals surface area contributed by atoms with Gasteiger partial charge < -0.3 is 9.42 Å². The lowest BCUT2D eigenvalue weighted by molar-refractivity contribution is 0.111. The van der Waals surface area contributed by atoms with E-state index < -0.39 is 0 Å².